The Morgan fingerprint density at radius 2 is 1.86 bits per heavy atom. The van der Waals surface area contributed by atoms with Crippen LogP contribution in [0.25, 0.3) is 0 Å². The Bertz CT molecular complexity index is 642. The van der Waals surface area contributed by atoms with Gasteiger partial charge in [-0.3, -0.25) is 4.79 Å². The van der Waals surface area contributed by atoms with Crippen LogP contribution in [0.1, 0.15) is 46.8 Å². The molecular formula is C19H22O2. The van der Waals surface area contributed by atoms with Crippen LogP contribution >= 0.6 is 0 Å². The van der Waals surface area contributed by atoms with Gasteiger partial charge in [0.1, 0.15) is 5.75 Å². The quantitative estimate of drug-likeness (QED) is 0.744. The van der Waals surface area contributed by atoms with E-state index in [-0.39, 0.29) is 12.4 Å². The molecule has 0 aromatic heterocycles. The molecule has 110 valence electrons. The van der Waals surface area contributed by atoms with E-state index in [0.717, 1.165) is 11.3 Å². The fraction of sp³-hybridized carbons (Fsp3) is 0.316. The van der Waals surface area contributed by atoms with Crippen LogP contribution in [0.4, 0.5) is 0 Å². The van der Waals surface area contributed by atoms with Gasteiger partial charge in [-0.1, -0.05) is 43.7 Å². The van der Waals surface area contributed by atoms with Crippen molar-refractivity contribution in [3.05, 3.63) is 64.7 Å². The highest BCUT2D eigenvalue weighted by Crippen LogP contribution is 2.23. The third kappa shape index (κ3) is 3.94. The van der Waals surface area contributed by atoms with E-state index in [1.165, 1.54) is 11.1 Å². The Labute approximate surface area is 126 Å². The summed E-state index contributed by atoms with van der Waals surface area (Å²) in [6, 6.07) is 13.6. The first kappa shape index (κ1) is 15.3. The smallest absolute Gasteiger partial charge is 0.200 e. The molecule has 2 nitrogen and oxygen atoms in total. The zero-order chi connectivity index (χ0) is 15.4. The van der Waals surface area contributed by atoms with Gasteiger partial charge in [0, 0.05) is 5.56 Å². The zero-order valence-corrected chi connectivity index (χ0v) is 13.1. The lowest BCUT2D eigenvalue weighted by Gasteiger charge is -2.12. The summed E-state index contributed by atoms with van der Waals surface area (Å²) in [4.78, 5) is 12.1. The van der Waals surface area contributed by atoms with Crippen LogP contribution in [0.15, 0.2) is 42.5 Å². The van der Waals surface area contributed by atoms with Crippen molar-refractivity contribution >= 4 is 5.78 Å². The number of hydrogen-bond acceptors (Lipinski definition) is 2. The van der Waals surface area contributed by atoms with Crippen molar-refractivity contribution in [2.75, 3.05) is 6.61 Å². The lowest BCUT2D eigenvalue weighted by molar-refractivity contribution is 0.0921. The lowest BCUT2D eigenvalue weighted by Crippen LogP contribution is -2.11. The maximum absolute atomic E-state index is 12.1. The average Bonchev–Trinajstić information content (AvgIpc) is 2.44. The summed E-state index contributed by atoms with van der Waals surface area (Å²) in [5, 5.41) is 0. The van der Waals surface area contributed by atoms with Gasteiger partial charge in [0.25, 0.3) is 0 Å². The summed E-state index contributed by atoms with van der Waals surface area (Å²) in [6.45, 7) is 8.47. The van der Waals surface area contributed by atoms with E-state index in [4.69, 9.17) is 4.74 Å². The van der Waals surface area contributed by atoms with Crippen LogP contribution in [-0.4, -0.2) is 12.4 Å². The molecule has 2 aromatic rings. The summed E-state index contributed by atoms with van der Waals surface area (Å²) in [5.41, 5.74) is 4.29. The molecule has 0 saturated carbocycles. The summed E-state index contributed by atoms with van der Waals surface area (Å²) < 4.78 is 5.63. The monoisotopic (exact) mass is 282 g/mol. The van der Waals surface area contributed by atoms with Gasteiger partial charge >= 0.3 is 0 Å². The second-order valence-electron chi connectivity index (χ2n) is 5.75. The Balaban J connectivity index is 2.03. The SMILES string of the molecule is Cc1cccc(C(=O)COc2ccc(C(C)C)c(C)c2)c1. The van der Waals surface area contributed by atoms with Gasteiger partial charge in [-0.05, 0) is 49.1 Å². The standard InChI is InChI=1S/C19H22O2/c1-13(2)18-9-8-17(11-15(18)4)21-12-19(20)16-7-5-6-14(3)10-16/h5-11,13H,12H2,1-4H3. The Morgan fingerprint density at radius 3 is 2.48 bits per heavy atom. The van der Waals surface area contributed by atoms with Crippen molar-refractivity contribution in [3.8, 4) is 5.75 Å². The van der Waals surface area contributed by atoms with E-state index in [9.17, 15) is 4.79 Å². The molecule has 0 aliphatic carbocycles. The number of hydrogen-bond donors (Lipinski definition) is 0. The fourth-order valence-corrected chi connectivity index (χ4v) is 2.44. The van der Waals surface area contributed by atoms with Crippen molar-refractivity contribution in [2.24, 2.45) is 0 Å². The van der Waals surface area contributed by atoms with Gasteiger partial charge in [-0.25, -0.2) is 0 Å². The van der Waals surface area contributed by atoms with E-state index in [1.807, 2.05) is 43.3 Å². The average molecular weight is 282 g/mol. The first-order chi connectivity index (χ1) is 9.97. The van der Waals surface area contributed by atoms with Gasteiger partial charge < -0.3 is 4.74 Å². The van der Waals surface area contributed by atoms with Crippen molar-refractivity contribution in [3.63, 3.8) is 0 Å². The summed E-state index contributed by atoms with van der Waals surface area (Å²) in [7, 11) is 0. The molecule has 2 aromatic carbocycles. The van der Waals surface area contributed by atoms with Crippen LogP contribution in [0.2, 0.25) is 0 Å². The second-order valence-corrected chi connectivity index (χ2v) is 5.75. The number of ether oxygens (including phenoxy) is 1. The lowest BCUT2D eigenvalue weighted by atomic mass is 9.98. The fourth-order valence-electron chi connectivity index (χ4n) is 2.44. The van der Waals surface area contributed by atoms with Crippen molar-refractivity contribution < 1.29 is 9.53 Å². The second kappa shape index (κ2) is 6.57. The third-order valence-corrected chi connectivity index (χ3v) is 3.57. The Hall–Kier alpha value is -2.09. The number of benzene rings is 2. The van der Waals surface area contributed by atoms with Crippen molar-refractivity contribution in [1.29, 1.82) is 0 Å². The summed E-state index contributed by atoms with van der Waals surface area (Å²) >= 11 is 0. The minimum absolute atomic E-state index is 0.00397. The predicted molar refractivity (Wildman–Crippen MR) is 86.3 cm³/mol. The van der Waals surface area contributed by atoms with Crippen LogP contribution in [0, 0.1) is 13.8 Å². The Morgan fingerprint density at radius 1 is 1.10 bits per heavy atom. The van der Waals surface area contributed by atoms with E-state index in [2.05, 4.69) is 26.8 Å². The van der Waals surface area contributed by atoms with E-state index >= 15 is 0 Å². The number of carbonyl (C=O) groups excluding carboxylic acids is 1. The van der Waals surface area contributed by atoms with Crippen LogP contribution in [0.3, 0.4) is 0 Å². The summed E-state index contributed by atoms with van der Waals surface area (Å²) in [6.07, 6.45) is 0. The third-order valence-electron chi connectivity index (χ3n) is 3.57. The minimum Gasteiger partial charge on any atom is -0.485 e. The summed E-state index contributed by atoms with van der Waals surface area (Å²) in [5.74, 6) is 1.25. The highest BCUT2D eigenvalue weighted by atomic mass is 16.5. The highest BCUT2D eigenvalue weighted by molar-refractivity contribution is 5.97. The molecule has 0 saturated heterocycles. The number of carbonyl (C=O) groups is 1. The molecule has 0 radical (unpaired) electrons. The maximum atomic E-state index is 12.1. The first-order valence-electron chi connectivity index (χ1n) is 7.30. The molecule has 0 spiro atoms. The van der Waals surface area contributed by atoms with Crippen LogP contribution in [-0.2, 0) is 0 Å². The largest absolute Gasteiger partial charge is 0.485 e. The molecule has 0 fully saturated rings. The van der Waals surface area contributed by atoms with Gasteiger partial charge in [0.2, 0.25) is 0 Å². The van der Waals surface area contributed by atoms with E-state index in [0.29, 0.717) is 11.5 Å². The molecule has 0 aliphatic heterocycles. The van der Waals surface area contributed by atoms with Gasteiger partial charge in [0.15, 0.2) is 12.4 Å². The highest BCUT2D eigenvalue weighted by Gasteiger charge is 2.08. The van der Waals surface area contributed by atoms with Gasteiger partial charge in [-0.15, -0.1) is 0 Å². The van der Waals surface area contributed by atoms with Crippen molar-refractivity contribution in [1.82, 2.24) is 0 Å². The molecule has 0 amide bonds. The molecule has 0 aliphatic rings. The predicted octanol–water partition coefficient (Wildman–Crippen LogP) is 4.69. The molecule has 0 N–H and O–H groups in total. The number of aryl methyl sites for hydroxylation is 2. The zero-order valence-electron chi connectivity index (χ0n) is 13.1. The molecule has 0 unspecified atom stereocenters. The van der Waals surface area contributed by atoms with Crippen LogP contribution < -0.4 is 4.74 Å². The number of Topliss-reactive ketones (excluding diaryl/α,β-unsaturated/α-hetero) is 1. The van der Waals surface area contributed by atoms with Gasteiger partial charge in [-0.2, -0.15) is 0 Å². The molecule has 0 heterocycles. The van der Waals surface area contributed by atoms with E-state index in [1.54, 1.807) is 0 Å². The molecular weight excluding hydrogens is 260 g/mol. The topological polar surface area (TPSA) is 26.3 Å². The number of rotatable bonds is 5. The minimum atomic E-state index is 0.00397. The number of ketones is 1. The molecule has 2 heteroatoms. The normalized spacial score (nSPS) is 10.7. The van der Waals surface area contributed by atoms with Crippen molar-refractivity contribution in [2.45, 2.75) is 33.6 Å². The molecule has 21 heavy (non-hydrogen) atoms. The molecule has 0 atom stereocenters. The first-order valence-corrected chi connectivity index (χ1v) is 7.30. The molecule has 2 rings (SSSR count). The molecule has 0 bridgehead atoms. The Kier molecular flexibility index (Phi) is 4.79. The van der Waals surface area contributed by atoms with Gasteiger partial charge in [0.05, 0.1) is 0 Å². The van der Waals surface area contributed by atoms with Crippen LogP contribution in [0.5, 0.6) is 5.75 Å². The van der Waals surface area contributed by atoms with E-state index < -0.39 is 0 Å². The maximum Gasteiger partial charge on any atom is 0.200 e.